The van der Waals surface area contributed by atoms with Crippen LogP contribution in [0, 0.1) is 3.57 Å². The number of aliphatic hydroxyl groups is 1. The maximum atomic E-state index is 9.18. The molecule has 4 heteroatoms. The van der Waals surface area contributed by atoms with Crippen molar-refractivity contribution >= 4 is 22.6 Å². The Hall–Kier alpha value is -0.100. The van der Waals surface area contributed by atoms with Crippen molar-refractivity contribution in [3.05, 3.63) is 15.5 Å². The smallest absolute Gasteiger partial charge is 0.0860 e. The lowest BCUT2D eigenvalue weighted by molar-refractivity contribution is 0.260. The largest absolute Gasteiger partial charge is 0.390 e. The number of aliphatic hydroxyl groups excluding tert-OH is 1. The first-order valence-corrected chi connectivity index (χ1v) is 5.73. The number of nitrogens with zero attached hydrogens (tertiary/aromatic N) is 2. The summed E-state index contributed by atoms with van der Waals surface area (Å²) in [5, 5.41) is 13.5. The molecule has 0 radical (unpaired) electrons. The third-order valence-electron chi connectivity index (χ3n) is 2.67. The lowest BCUT2D eigenvalue weighted by Crippen LogP contribution is -2.10. The fourth-order valence-corrected chi connectivity index (χ4v) is 2.52. The van der Waals surface area contributed by atoms with Crippen LogP contribution in [-0.4, -0.2) is 14.9 Å². The van der Waals surface area contributed by atoms with Gasteiger partial charge in [0.25, 0.3) is 0 Å². The summed E-state index contributed by atoms with van der Waals surface area (Å²) < 4.78 is 3.08. The van der Waals surface area contributed by atoms with Gasteiger partial charge < -0.3 is 5.11 Å². The predicted molar refractivity (Wildman–Crippen MR) is 58.4 cm³/mol. The SMILES string of the molecule is OCc1c(I)cnn1C1CCCC1. The molecule has 0 unspecified atom stereocenters. The molecule has 1 aliphatic rings. The molecule has 1 aromatic heterocycles. The fourth-order valence-electron chi connectivity index (χ4n) is 1.98. The van der Waals surface area contributed by atoms with E-state index in [-0.39, 0.29) is 6.61 Å². The van der Waals surface area contributed by atoms with Gasteiger partial charge in [-0.3, -0.25) is 4.68 Å². The van der Waals surface area contributed by atoms with Gasteiger partial charge in [-0.2, -0.15) is 5.10 Å². The van der Waals surface area contributed by atoms with E-state index in [1.807, 2.05) is 10.9 Å². The van der Waals surface area contributed by atoms with E-state index in [4.69, 9.17) is 0 Å². The van der Waals surface area contributed by atoms with Gasteiger partial charge in [-0.25, -0.2) is 0 Å². The number of rotatable bonds is 2. The second-order valence-corrected chi connectivity index (χ2v) is 4.64. The van der Waals surface area contributed by atoms with Crippen molar-refractivity contribution in [2.24, 2.45) is 0 Å². The zero-order chi connectivity index (χ0) is 9.26. The Morgan fingerprint density at radius 1 is 1.54 bits per heavy atom. The molecule has 1 aliphatic carbocycles. The minimum Gasteiger partial charge on any atom is -0.390 e. The highest BCUT2D eigenvalue weighted by Crippen LogP contribution is 2.30. The third kappa shape index (κ3) is 1.74. The van der Waals surface area contributed by atoms with Crippen molar-refractivity contribution in [3.63, 3.8) is 0 Å². The second kappa shape index (κ2) is 3.96. The Morgan fingerprint density at radius 3 is 2.85 bits per heavy atom. The van der Waals surface area contributed by atoms with Gasteiger partial charge in [0.15, 0.2) is 0 Å². The van der Waals surface area contributed by atoms with Crippen molar-refractivity contribution in [3.8, 4) is 0 Å². The van der Waals surface area contributed by atoms with Gasteiger partial charge in [0.05, 0.1) is 28.1 Å². The highest BCUT2D eigenvalue weighted by molar-refractivity contribution is 14.1. The van der Waals surface area contributed by atoms with Crippen LogP contribution >= 0.6 is 22.6 Å². The summed E-state index contributed by atoms with van der Waals surface area (Å²) in [5.41, 5.74) is 0.979. The van der Waals surface area contributed by atoms with E-state index in [9.17, 15) is 5.11 Å². The van der Waals surface area contributed by atoms with Crippen molar-refractivity contribution in [2.75, 3.05) is 0 Å². The molecule has 3 nitrogen and oxygen atoms in total. The van der Waals surface area contributed by atoms with Gasteiger partial charge in [-0.05, 0) is 35.4 Å². The number of hydrogen-bond acceptors (Lipinski definition) is 2. The fraction of sp³-hybridized carbons (Fsp3) is 0.667. The van der Waals surface area contributed by atoms with Crippen LogP contribution in [0.3, 0.4) is 0 Å². The average Bonchev–Trinajstić information content (AvgIpc) is 2.71. The zero-order valence-corrected chi connectivity index (χ0v) is 9.57. The number of aromatic nitrogens is 2. The number of halogens is 1. The summed E-state index contributed by atoms with van der Waals surface area (Å²) >= 11 is 2.22. The van der Waals surface area contributed by atoms with Crippen LogP contribution in [0.5, 0.6) is 0 Å². The molecule has 0 bridgehead atoms. The molecular weight excluding hydrogens is 279 g/mol. The lowest BCUT2D eigenvalue weighted by Gasteiger charge is -2.12. The molecule has 1 aromatic rings. The van der Waals surface area contributed by atoms with Crippen molar-refractivity contribution in [1.82, 2.24) is 9.78 Å². The second-order valence-electron chi connectivity index (χ2n) is 3.48. The van der Waals surface area contributed by atoms with Crippen molar-refractivity contribution in [2.45, 2.75) is 38.3 Å². The monoisotopic (exact) mass is 292 g/mol. The molecule has 1 heterocycles. The molecule has 72 valence electrons. The first-order valence-electron chi connectivity index (χ1n) is 4.65. The molecular formula is C9H13IN2O. The predicted octanol–water partition coefficient (Wildman–Crippen LogP) is 2.10. The summed E-state index contributed by atoms with van der Waals surface area (Å²) in [4.78, 5) is 0. The molecule has 0 saturated heterocycles. The van der Waals surface area contributed by atoms with Crippen LogP contribution in [0.25, 0.3) is 0 Å². The van der Waals surface area contributed by atoms with Gasteiger partial charge in [0, 0.05) is 0 Å². The van der Waals surface area contributed by atoms with E-state index >= 15 is 0 Å². The first-order chi connectivity index (χ1) is 6.33. The first kappa shape index (κ1) is 9.45. The lowest BCUT2D eigenvalue weighted by atomic mass is 10.2. The quantitative estimate of drug-likeness (QED) is 0.848. The maximum absolute atomic E-state index is 9.18. The van der Waals surface area contributed by atoms with Crippen LogP contribution in [0.2, 0.25) is 0 Å². The van der Waals surface area contributed by atoms with E-state index in [1.165, 1.54) is 25.7 Å². The Labute approximate surface area is 91.3 Å². The molecule has 0 amide bonds. The summed E-state index contributed by atoms with van der Waals surface area (Å²) in [6.45, 7) is 0.106. The Kier molecular flexibility index (Phi) is 2.88. The minimum absolute atomic E-state index is 0.106. The zero-order valence-electron chi connectivity index (χ0n) is 7.41. The van der Waals surface area contributed by atoms with E-state index in [0.29, 0.717) is 6.04 Å². The summed E-state index contributed by atoms with van der Waals surface area (Å²) in [5.74, 6) is 0. The standard InChI is InChI=1S/C9H13IN2O/c10-8-5-11-12(9(8)6-13)7-3-1-2-4-7/h5,7,13H,1-4,6H2. The normalized spacial score (nSPS) is 18.3. The summed E-state index contributed by atoms with van der Waals surface area (Å²) in [7, 11) is 0. The molecule has 1 N–H and O–H groups in total. The van der Waals surface area contributed by atoms with E-state index < -0.39 is 0 Å². The topological polar surface area (TPSA) is 38.1 Å². The highest BCUT2D eigenvalue weighted by Gasteiger charge is 2.20. The van der Waals surface area contributed by atoms with Gasteiger partial charge in [-0.1, -0.05) is 12.8 Å². The molecule has 0 spiro atoms. The molecule has 1 saturated carbocycles. The van der Waals surface area contributed by atoms with E-state index in [0.717, 1.165) is 9.26 Å². The number of hydrogen-bond donors (Lipinski definition) is 1. The summed E-state index contributed by atoms with van der Waals surface area (Å²) in [6.07, 6.45) is 6.86. The maximum Gasteiger partial charge on any atom is 0.0860 e. The summed E-state index contributed by atoms with van der Waals surface area (Å²) in [6, 6.07) is 0.533. The minimum atomic E-state index is 0.106. The Balaban J connectivity index is 2.27. The Morgan fingerprint density at radius 2 is 2.23 bits per heavy atom. The van der Waals surface area contributed by atoms with Gasteiger partial charge in [-0.15, -0.1) is 0 Å². The van der Waals surface area contributed by atoms with Gasteiger partial charge in [0.1, 0.15) is 0 Å². The van der Waals surface area contributed by atoms with Crippen molar-refractivity contribution < 1.29 is 5.11 Å². The van der Waals surface area contributed by atoms with Crippen LogP contribution in [0.4, 0.5) is 0 Å². The Bertz CT molecular complexity index is 292. The van der Waals surface area contributed by atoms with E-state index in [1.54, 1.807) is 0 Å². The highest BCUT2D eigenvalue weighted by atomic mass is 127. The van der Waals surface area contributed by atoms with Crippen LogP contribution in [-0.2, 0) is 6.61 Å². The molecule has 2 rings (SSSR count). The molecule has 0 atom stereocenters. The molecule has 1 fully saturated rings. The molecule has 0 aliphatic heterocycles. The van der Waals surface area contributed by atoms with Crippen LogP contribution < -0.4 is 0 Å². The van der Waals surface area contributed by atoms with Crippen LogP contribution in [0.15, 0.2) is 6.20 Å². The average molecular weight is 292 g/mol. The van der Waals surface area contributed by atoms with Gasteiger partial charge in [0.2, 0.25) is 0 Å². The van der Waals surface area contributed by atoms with Gasteiger partial charge >= 0.3 is 0 Å². The van der Waals surface area contributed by atoms with Crippen molar-refractivity contribution in [1.29, 1.82) is 0 Å². The van der Waals surface area contributed by atoms with E-state index in [2.05, 4.69) is 27.7 Å². The molecule has 0 aromatic carbocycles. The van der Waals surface area contributed by atoms with Crippen LogP contribution in [0.1, 0.15) is 37.4 Å². The third-order valence-corrected chi connectivity index (χ3v) is 3.57. The molecule has 13 heavy (non-hydrogen) atoms.